The molecule has 0 aliphatic rings. The normalized spacial score (nSPS) is 12.8. The van der Waals surface area contributed by atoms with E-state index in [-0.39, 0.29) is 18.3 Å². The monoisotopic (exact) mass is 262 g/mol. The summed E-state index contributed by atoms with van der Waals surface area (Å²) in [5.41, 5.74) is 0. The van der Waals surface area contributed by atoms with Gasteiger partial charge in [0.15, 0.2) is 0 Å². The first kappa shape index (κ1) is 16.8. The maximum Gasteiger partial charge on any atom is 0.680 e. The zero-order valence-electron chi connectivity index (χ0n) is 11.9. The smallest absolute Gasteiger partial charge is 0.349 e. The Kier molecular flexibility index (Phi) is 7.90. The van der Waals surface area contributed by atoms with Crippen molar-refractivity contribution in [3.05, 3.63) is 12.7 Å². The van der Waals surface area contributed by atoms with Crippen LogP contribution in [0.2, 0.25) is 0 Å². The van der Waals surface area contributed by atoms with Crippen molar-refractivity contribution in [3.63, 3.8) is 0 Å². The Bertz CT molecular complexity index is 190. The van der Waals surface area contributed by atoms with Crippen molar-refractivity contribution in [1.82, 2.24) is 0 Å². The summed E-state index contributed by atoms with van der Waals surface area (Å²) in [5.74, 6) is 0. The maximum atomic E-state index is 5.79. The lowest BCUT2D eigenvalue weighted by Crippen LogP contribution is -2.53. The molecule has 0 heterocycles. The van der Waals surface area contributed by atoms with Crippen molar-refractivity contribution in [3.8, 4) is 0 Å². The topological polar surface area (TPSA) is 36.9 Å². The zero-order chi connectivity index (χ0) is 13.5. The van der Waals surface area contributed by atoms with Crippen LogP contribution < -0.4 is 0 Å². The van der Waals surface area contributed by atoms with Gasteiger partial charge in [-0.2, -0.15) is 0 Å². The van der Waals surface area contributed by atoms with Crippen molar-refractivity contribution in [2.24, 2.45) is 0 Å². The van der Waals surface area contributed by atoms with E-state index in [0.29, 0.717) is 6.61 Å². The molecule has 0 unspecified atom stereocenters. The number of hydrogen-bond acceptors (Lipinski definition) is 4. The molecule has 0 saturated carbocycles. The maximum absolute atomic E-state index is 5.79. The van der Waals surface area contributed by atoms with Crippen LogP contribution in [-0.2, 0) is 17.7 Å². The molecule has 0 aromatic rings. The molecule has 0 saturated heterocycles. The minimum atomic E-state index is -3.08. The lowest BCUT2D eigenvalue weighted by molar-refractivity contribution is -0.0704. The first-order chi connectivity index (χ1) is 7.81. The van der Waals surface area contributed by atoms with Crippen LogP contribution in [-0.4, -0.2) is 34.0 Å². The molecule has 0 fully saturated rings. The van der Waals surface area contributed by atoms with Gasteiger partial charge in [-0.1, -0.05) is 6.08 Å². The van der Waals surface area contributed by atoms with Gasteiger partial charge in [0.2, 0.25) is 0 Å². The predicted octanol–water partition coefficient (Wildman–Crippen LogP) is 2.90. The molecule has 0 aromatic carbocycles. The minimum absolute atomic E-state index is 0.0102. The van der Waals surface area contributed by atoms with Crippen molar-refractivity contribution in [1.29, 1.82) is 0 Å². The van der Waals surface area contributed by atoms with E-state index in [1.54, 1.807) is 6.08 Å². The van der Waals surface area contributed by atoms with Gasteiger partial charge in [-0.25, -0.2) is 0 Å². The molecule has 0 atom stereocenters. The van der Waals surface area contributed by atoms with Crippen molar-refractivity contribution >= 4 is 9.05 Å². The fraction of sp³-hybridized carbons (Fsp3) is 0.833. The predicted molar refractivity (Wildman–Crippen MR) is 70.6 cm³/mol. The van der Waals surface area contributed by atoms with E-state index in [1.165, 1.54) is 0 Å². The van der Waals surface area contributed by atoms with Gasteiger partial charge in [0.05, 0.1) is 6.61 Å². The Morgan fingerprint density at radius 3 is 1.47 bits per heavy atom. The molecule has 0 bridgehead atoms. The van der Waals surface area contributed by atoms with Crippen LogP contribution in [0.25, 0.3) is 0 Å². The fourth-order valence-electron chi connectivity index (χ4n) is 1.21. The molecule has 4 nitrogen and oxygen atoms in total. The van der Waals surface area contributed by atoms with E-state index in [9.17, 15) is 0 Å². The van der Waals surface area contributed by atoms with Gasteiger partial charge in [0.25, 0.3) is 0 Å². The van der Waals surface area contributed by atoms with Crippen molar-refractivity contribution < 1.29 is 17.7 Å². The number of hydrogen-bond donors (Lipinski definition) is 0. The van der Waals surface area contributed by atoms with E-state index in [4.69, 9.17) is 17.7 Å². The van der Waals surface area contributed by atoms with Crippen LogP contribution in [0.1, 0.15) is 41.5 Å². The standard InChI is InChI=1S/C12H26O4Si/c1-8-9-13-17(14-10(2)3,15-11(4)5)16-12(6)7/h8,10-12H,1,9H2,2-7H3. The molecule has 0 radical (unpaired) electrons. The molecule has 0 aliphatic carbocycles. The second-order valence-electron chi connectivity index (χ2n) is 4.60. The van der Waals surface area contributed by atoms with Crippen LogP contribution in [0.5, 0.6) is 0 Å². The fourth-order valence-corrected chi connectivity index (χ4v) is 3.64. The van der Waals surface area contributed by atoms with E-state index in [0.717, 1.165) is 0 Å². The minimum Gasteiger partial charge on any atom is -0.349 e. The van der Waals surface area contributed by atoms with Gasteiger partial charge in [-0.15, -0.1) is 6.58 Å². The second-order valence-corrected chi connectivity index (χ2v) is 6.60. The van der Waals surface area contributed by atoms with Crippen molar-refractivity contribution in [2.75, 3.05) is 6.61 Å². The third kappa shape index (κ3) is 7.67. The Hall–Kier alpha value is -0.203. The lowest BCUT2D eigenvalue weighted by Gasteiger charge is -2.32. The third-order valence-electron chi connectivity index (χ3n) is 1.52. The van der Waals surface area contributed by atoms with E-state index < -0.39 is 9.05 Å². The van der Waals surface area contributed by atoms with Crippen LogP contribution in [0.15, 0.2) is 12.7 Å². The highest BCUT2D eigenvalue weighted by molar-refractivity contribution is 6.53. The summed E-state index contributed by atoms with van der Waals surface area (Å²) in [6, 6.07) is 0. The summed E-state index contributed by atoms with van der Waals surface area (Å²) in [6.07, 6.45) is 1.63. The van der Waals surface area contributed by atoms with Gasteiger partial charge >= 0.3 is 9.05 Å². The second kappa shape index (κ2) is 8.00. The Morgan fingerprint density at radius 1 is 0.882 bits per heavy atom. The Balaban J connectivity index is 4.82. The zero-order valence-corrected chi connectivity index (χ0v) is 12.9. The summed E-state index contributed by atoms with van der Waals surface area (Å²) >= 11 is 0. The molecule has 0 N–H and O–H groups in total. The largest absolute Gasteiger partial charge is 0.680 e. The molecular weight excluding hydrogens is 236 g/mol. The van der Waals surface area contributed by atoms with Gasteiger partial charge < -0.3 is 17.7 Å². The Labute approximate surface area is 106 Å². The summed E-state index contributed by atoms with van der Waals surface area (Å²) in [7, 11) is -3.08. The SMILES string of the molecule is C=CCO[Si](OC(C)C)(OC(C)C)OC(C)C. The molecule has 0 rings (SSSR count). The van der Waals surface area contributed by atoms with Gasteiger partial charge in [-0.05, 0) is 41.5 Å². The van der Waals surface area contributed by atoms with Gasteiger partial charge in [0.1, 0.15) is 0 Å². The van der Waals surface area contributed by atoms with E-state index in [2.05, 4.69) is 6.58 Å². The van der Waals surface area contributed by atoms with Gasteiger partial charge in [-0.3, -0.25) is 0 Å². The quantitative estimate of drug-likeness (QED) is 0.473. The summed E-state index contributed by atoms with van der Waals surface area (Å²) in [5, 5.41) is 0. The third-order valence-corrected chi connectivity index (χ3v) is 4.32. The Morgan fingerprint density at radius 2 is 1.24 bits per heavy atom. The van der Waals surface area contributed by atoms with Crippen LogP contribution in [0.3, 0.4) is 0 Å². The average molecular weight is 262 g/mol. The highest BCUT2D eigenvalue weighted by Gasteiger charge is 2.48. The molecule has 0 amide bonds. The highest BCUT2D eigenvalue weighted by atomic mass is 28.4. The summed E-state index contributed by atoms with van der Waals surface area (Å²) < 4.78 is 23.0. The molecule has 0 aromatic heterocycles. The molecule has 0 aliphatic heterocycles. The van der Waals surface area contributed by atoms with Gasteiger partial charge in [0, 0.05) is 18.3 Å². The first-order valence-electron chi connectivity index (χ1n) is 6.09. The first-order valence-corrected chi connectivity index (χ1v) is 7.73. The van der Waals surface area contributed by atoms with Crippen molar-refractivity contribution in [2.45, 2.75) is 59.9 Å². The molecule has 0 spiro atoms. The van der Waals surface area contributed by atoms with Crippen LogP contribution in [0.4, 0.5) is 0 Å². The molecule has 17 heavy (non-hydrogen) atoms. The molecule has 102 valence electrons. The van der Waals surface area contributed by atoms with E-state index >= 15 is 0 Å². The van der Waals surface area contributed by atoms with Crippen LogP contribution in [0, 0.1) is 0 Å². The van der Waals surface area contributed by atoms with E-state index in [1.807, 2.05) is 41.5 Å². The summed E-state index contributed by atoms with van der Waals surface area (Å²) in [4.78, 5) is 0. The molecular formula is C12H26O4Si. The summed E-state index contributed by atoms with van der Waals surface area (Å²) in [6.45, 7) is 15.6. The van der Waals surface area contributed by atoms with Crippen LogP contribution >= 0.6 is 0 Å². The number of rotatable bonds is 9. The average Bonchev–Trinajstić information content (AvgIpc) is 2.11. The molecule has 5 heteroatoms. The lowest BCUT2D eigenvalue weighted by atomic mass is 10.5. The highest BCUT2D eigenvalue weighted by Crippen LogP contribution is 2.18.